The summed E-state index contributed by atoms with van der Waals surface area (Å²) in [5, 5.41) is 8.59. The molecule has 0 bridgehead atoms. The molecule has 2 N–H and O–H groups in total. The van der Waals surface area contributed by atoms with Crippen molar-refractivity contribution in [3.63, 3.8) is 0 Å². The Hall–Kier alpha value is -1.90. The largest absolute Gasteiger partial charge is 0.481 e. The molecule has 0 amide bonds. The maximum atomic E-state index is 13.8. The van der Waals surface area contributed by atoms with Crippen molar-refractivity contribution >= 4 is 13.3 Å². The van der Waals surface area contributed by atoms with E-state index in [0.29, 0.717) is 12.8 Å². The van der Waals surface area contributed by atoms with Crippen molar-refractivity contribution in [2.45, 2.75) is 43.9 Å². The SMILES string of the molecule is CC(C(=O)O)C1CCCC(c2ccccc2)(P(=O)(O)Cc2ccccc2)C1. The topological polar surface area (TPSA) is 74.6 Å². The lowest BCUT2D eigenvalue weighted by Gasteiger charge is -2.45. The molecule has 2 aromatic carbocycles. The fraction of sp³-hybridized carbons (Fsp3) is 0.409. The minimum absolute atomic E-state index is 0.104. The summed E-state index contributed by atoms with van der Waals surface area (Å²) < 4.78 is 13.8. The average molecular weight is 386 g/mol. The highest BCUT2D eigenvalue weighted by molar-refractivity contribution is 7.58. The van der Waals surface area contributed by atoms with Gasteiger partial charge in [-0.25, -0.2) is 0 Å². The van der Waals surface area contributed by atoms with E-state index < -0.39 is 24.4 Å². The minimum atomic E-state index is -3.64. The highest BCUT2D eigenvalue weighted by Crippen LogP contribution is 2.68. The Morgan fingerprint density at radius 3 is 2.33 bits per heavy atom. The van der Waals surface area contributed by atoms with E-state index in [1.807, 2.05) is 60.7 Å². The monoisotopic (exact) mass is 386 g/mol. The molecule has 4 atom stereocenters. The van der Waals surface area contributed by atoms with Crippen LogP contribution in [0.3, 0.4) is 0 Å². The van der Waals surface area contributed by atoms with Gasteiger partial charge in [0.1, 0.15) is 0 Å². The number of carbonyl (C=O) groups is 1. The molecule has 1 saturated carbocycles. The summed E-state index contributed by atoms with van der Waals surface area (Å²) in [5.74, 6) is -1.46. The van der Waals surface area contributed by atoms with Gasteiger partial charge in [0, 0.05) is 0 Å². The number of benzene rings is 2. The van der Waals surface area contributed by atoms with Crippen molar-refractivity contribution in [3.05, 3.63) is 71.8 Å². The molecule has 27 heavy (non-hydrogen) atoms. The maximum Gasteiger partial charge on any atom is 0.306 e. The Morgan fingerprint density at radius 1 is 1.15 bits per heavy atom. The Balaban J connectivity index is 2.03. The van der Waals surface area contributed by atoms with E-state index >= 15 is 0 Å². The van der Waals surface area contributed by atoms with Gasteiger partial charge in [-0.15, -0.1) is 0 Å². The first-order valence-electron chi connectivity index (χ1n) is 9.50. The molecule has 0 saturated heterocycles. The van der Waals surface area contributed by atoms with E-state index in [2.05, 4.69) is 0 Å². The Labute approximate surface area is 160 Å². The van der Waals surface area contributed by atoms with Crippen LogP contribution in [0.25, 0.3) is 0 Å². The lowest BCUT2D eigenvalue weighted by Crippen LogP contribution is -2.37. The minimum Gasteiger partial charge on any atom is -0.481 e. The van der Waals surface area contributed by atoms with Crippen LogP contribution in [0.2, 0.25) is 0 Å². The van der Waals surface area contributed by atoms with Crippen molar-refractivity contribution in [1.82, 2.24) is 0 Å². The van der Waals surface area contributed by atoms with Crippen LogP contribution in [0.5, 0.6) is 0 Å². The Kier molecular flexibility index (Phi) is 5.88. The summed E-state index contributed by atoms with van der Waals surface area (Å²) in [6.45, 7) is 1.72. The van der Waals surface area contributed by atoms with E-state index in [9.17, 15) is 19.4 Å². The van der Waals surface area contributed by atoms with Crippen LogP contribution >= 0.6 is 7.37 Å². The molecule has 4 unspecified atom stereocenters. The van der Waals surface area contributed by atoms with Crippen LogP contribution in [-0.4, -0.2) is 16.0 Å². The van der Waals surface area contributed by atoms with E-state index in [-0.39, 0.29) is 12.1 Å². The van der Waals surface area contributed by atoms with Crippen LogP contribution in [0.15, 0.2) is 60.7 Å². The number of hydrogen-bond donors (Lipinski definition) is 2. The smallest absolute Gasteiger partial charge is 0.306 e. The third-order valence-electron chi connectivity index (χ3n) is 6.08. The fourth-order valence-electron chi connectivity index (χ4n) is 4.43. The molecule has 0 aromatic heterocycles. The molecular formula is C22H27O4P. The van der Waals surface area contributed by atoms with E-state index in [1.165, 1.54) is 0 Å². The molecule has 4 nitrogen and oxygen atoms in total. The van der Waals surface area contributed by atoms with Crippen molar-refractivity contribution in [1.29, 1.82) is 0 Å². The van der Waals surface area contributed by atoms with E-state index in [4.69, 9.17) is 0 Å². The number of carboxylic acid groups (broad SMARTS) is 1. The predicted molar refractivity (Wildman–Crippen MR) is 107 cm³/mol. The molecular weight excluding hydrogens is 359 g/mol. The summed E-state index contributed by atoms with van der Waals surface area (Å²) in [4.78, 5) is 22.9. The predicted octanol–water partition coefficient (Wildman–Crippen LogP) is 5.26. The molecule has 0 heterocycles. The zero-order valence-corrected chi connectivity index (χ0v) is 16.5. The Bertz CT molecular complexity index is 821. The fourth-order valence-corrected chi connectivity index (χ4v) is 7.02. The lowest BCUT2D eigenvalue weighted by atomic mass is 9.72. The molecule has 0 radical (unpaired) electrons. The molecule has 0 spiro atoms. The summed E-state index contributed by atoms with van der Waals surface area (Å²) in [6.07, 6.45) is 2.70. The van der Waals surface area contributed by atoms with Gasteiger partial charge in [-0.2, -0.15) is 0 Å². The molecule has 1 fully saturated rings. The number of hydrogen-bond acceptors (Lipinski definition) is 2. The molecule has 5 heteroatoms. The van der Waals surface area contributed by atoms with Gasteiger partial charge in [0.05, 0.1) is 17.2 Å². The normalized spacial score (nSPS) is 26.1. The second-order valence-corrected chi connectivity index (χ2v) is 10.3. The van der Waals surface area contributed by atoms with Gasteiger partial charge >= 0.3 is 5.97 Å². The number of aliphatic carboxylic acids is 1. The highest BCUT2D eigenvalue weighted by atomic mass is 31.2. The van der Waals surface area contributed by atoms with Gasteiger partial charge in [-0.3, -0.25) is 9.36 Å². The van der Waals surface area contributed by atoms with Gasteiger partial charge in [-0.1, -0.05) is 74.0 Å². The van der Waals surface area contributed by atoms with Gasteiger partial charge < -0.3 is 10.00 Å². The maximum absolute atomic E-state index is 13.8. The summed E-state index contributed by atoms with van der Waals surface area (Å²) >= 11 is 0. The highest BCUT2D eigenvalue weighted by Gasteiger charge is 2.52. The van der Waals surface area contributed by atoms with Crippen LogP contribution < -0.4 is 0 Å². The standard InChI is InChI=1S/C22H27O4P/c1-17(21(23)24)19-11-8-14-22(15-19,20-12-6-3-7-13-20)27(25,26)16-18-9-4-2-5-10-18/h2-7,9-10,12-13,17,19H,8,11,14-16H2,1H3,(H,23,24)(H,25,26). The van der Waals surface area contributed by atoms with Crippen LogP contribution in [0, 0.1) is 11.8 Å². The average Bonchev–Trinajstić information content (AvgIpc) is 2.68. The Morgan fingerprint density at radius 2 is 1.74 bits per heavy atom. The second kappa shape index (κ2) is 8.00. The van der Waals surface area contributed by atoms with Crippen molar-refractivity contribution in [3.8, 4) is 0 Å². The van der Waals surface area contributed by atoms with Gasteiger partial charge in [0.2, 0.25) is 7.37 Å². The molecule has 2 aromatic rings. The summed E-state index contributed by atoms with van der Waals surface area (Å²) in [6, 6.07) is 18.9. The van der Waals surface area contributed by atoms with Gasteiger partial charge in [-0.05, 0) is 36.3 Å². The van der Waals surface area contributed by atoms with Crippen molar-refractivity contribution < 1.29 is 19.4 Å². The molecule has 1 aliphatic carbocycles. The van der Waals surface area contributed by atoms with Crippen LogP contribution in [0.1, 0.15) is 43.7 Å². The quantitative estimate of drug-likeness (QED) is 0.664. The molecule has 144 valence electrons. The number of rotatable bonds is 6. The van der Waals surface area contributed by atoms with E-state index in [0.717, 1.165) is 24.0 Å². The first kappa shape index (κ1) is 19.9. The molecule has 3 rings (SSSR count). The third kappa shape index (κ3) is 4.02. The first-order valence-corrected chi connectivity index (χ1v) is 11.3. The van der Waals surface area contributed by atoms with Gasteiger partial charge in [0.25, 0.3) is 0 Å². The third-order valence-corrected chi connectivity index (χ3v) is 8.88. The van der Waals surface area contributed by atoms with Crippen molar-refractivity contribution in [2.24, 2.45) is 11.8 Å². The summed E-state index contributed by atoms with van der Waals surface area (Å²) in [7, 11) is -3.64. The van der Waals surface area contributed by atoms with Crippen LogP contribution in [0.4, 0.5) is 0 Å². The van der Waals surface area contributed by atoms with Crippen molar-refractivity contribution in [2.75, 3.05) is 0 Å². The molecule has 1 aliphatic rings. The summed E-state index contributed by atoms with van der Waals surface area (Å²) in [5.41, 5.74) is 1.70. The first-order chi connectivity index (χ1) is 12.9. The zero-order valence-electron chi connectivity index (χ0n) is 15.6. The lowest BCUT2D eigenvalue weighted by molar-refractivity contribution is -0.143. The van der Waals surface area contributed by atoms with E-state index in [1.54, 1.807) is 6.92 Å². The molecule has 0 aliphatic heterocycles. The zero-order chi connectivity index (χ0) is 19.5. The van der Waals surface area contributed by atoms with Crippen LogP contribution in [-0.2, 0) is 20.7 Å². The number of carboxylic acids is 1. The second-order valence-electron chi connectivity index (χ2n) is 7.73. The van der Waals surface area contributed by atoms with Gasteiger partial charge in [0.15, 0.2) is 0 Å².